The summed E-state index contributed by atoms with van der Waals surface area (Å²) in [6, 6.07) is 24.6. The minimum absolute atomic E-state index is 0.00252. The van der Waals surface area contributed by atoms with Gasteiger partial charge in [0, 0.05) is 11.8 Å². The standard InChI is InChI=1S/C18H14O8.C15H17N3O/c19-15(20)13(25-17(23)11-7-3-1-4-8-11)14(16(21)22)26-18(24)12-9-5-2-6-10-12;1-15(2)8-12(19)11-9-17-18(13(11)14(15)16)10-6-4-3-5-7-10/h1-10,13-14H,(H,19,20)(H,21,22);3-7,9,14H,8,16H2,1-2H3. The van der Waals surface area contributed by atoms with Crippen LogP contribution in [0.15, 0.2) is 97.2 Å². The van der Waals surface area contributed by atoms with Gasteiger partial charge in [0.15, 0.2) is 11.9 Å². The van der Waals surface area contributed by atoms with E-state index in [0.717, 1.165) is 16.9 Å². The fourth-order valence-electron chi connectivity index (χ4n) is 4.68. The predicted molar refractivity (Wildman–Crippen MR) is 156 cm³/mol. The summed E-state index contributed by atoms with van der Waals surface area (Å²) in [7, 11) is 0. The number of carbonyl (C=O) groups excluding carboxylic acids is 4. The highest BCUT2D eigenvalue weighted by Crippen LogP contribution is 2.41. The molecule has 0 radical (unpaired) electrons. The van der Waals surface area contributed by atoms with E-state index in [9.17, 15) is 34.2 Å². The quantitative estimate of drug-likeness (QED) is 0.278. The van der Waals surface area contributed by atoms with Crippen LogP contribution < -0.4 is 10.8 Å². The van der Waals surface area contributed by atoms with Crippen LogP contribution >= 0.6 is 0 Å². The van der Waals surface area contributed by atoms with E-state index in [2.05, 4.69) is 24.7 Å². The third-order valence-electron chi connectivity index (χ3n) is 7.23. The summed E-state index contributed by atoms with van der Waals surface area (Å²) < 4.78 is 11.3. The number of esters is 2. The second-order valence-corrected chi connectivity index (χ2v) is 10.9. The number of aromatic nitrogens is 2. The monoisotopic (exact) mass is 613 g/mol. The molecule has 4 aromatic rings. The summed E-state index contributed by atoms with van der Waals surface area (Å²) in [5.74, 6) is -5.82. The number of Topliss-reactive ketones (excluding diaryl/α,β-unsaturated/α-hetero) is 1. The number of para-hydroxylation sites is 1. The zero-order valence-corrected chi connectivity index (χ0v) is 24.5. The Bertz CT molecular complexity index is 1620. The van der Waals surface area contributed by atoms with Gasteiger partial charge in [0.2, 0.25) is 6.10 Å². The molecule has 1 aliphatic carbocycles. The summed E-state index contributed by atoms with van der Waals surface area (Å²) in [4.78, 5) is 58.9. The maximum absolute atomic E-state index is 12.2. The van der Waals surface area contributed by atoms with Crippen LogP contribution in [0.2, 0.25) is 0 Å². The van der Waals surface area contributed by atoms with Gasteiger partial charge in [-0.2, -0.15) is 5.10 Å². The molecular formula is C33H31N3O9. The molecule has 0 saturated heterocycles. The molecule has 1 aliphatic rings. The Labute approximate surface area is 258 Å². The first kappa shape index (κ1) is 32.3. The van der Waals surface area contributed by atoms with Crippen LogP contribution in [0.25, 0.3) is 5.69 Å². The van der Waals surface area contributed by atoms with E-state index < -0.39 is 36.1 Å². The van der Waals surface area contributed by atoms with E-state index in [1.165, 1.54) is 48.5 Å². The molecule has 0 spiro atoms. The normalized spacial score (nSPS) is 16.2. The highest BCUT2D eigenvalue weighted by molar-refractivity contribution is 5.99. The van der Waals surface area contributed by atoms with Gasteiger partial charge in [-0.25, -0.2) is 19.1 Å². The lowest BCUT2D eigenvalue weighted by atomic mass is 9.72. The summed E-state index contributed by atoms with van der Waals surface area (Å²) in [6.45, 7) is 4.18. The molecule has 0 bridgehead atoms. The highest BCUT2D eigenvalue weighted by Gasteiger charge is 2.43. The number of carbonyl (C=O) groups is 5. The Hall–Kier alpha value is -5.62. The maximum Gasteiger partial charge on any atom is 0.349 e. The molecule has 4 N–H and O–H groups in total. The van der Waals surface area contributed by atoms with Crippen molar-refractivity contribution < 1.29 is 49.4 Å². The molecule has 12 heteroatoms. The number of fused-ring (bicyclic) bond motifs is 1. The van der Waals surface area contributed by atoms with Gasteiger partial charge >= 0.3 is 17.9 Å². The van der Waals surface area contributed by atoms with Crippen LogP contribution in [0.3, 0.4) is 0 Å². The SMILES string of the molecule is CC1(C)CC(=O)c2cnn(-c3ccccc3)c2C1[NH3+].O=C(OC(C(=O)[O-])C(OC(=O)c1ccccc1)C(=O)O)c1ccccc1. The Morgan fingerprint density at radius 2 is 1.33 bits per heavy atom. The van der Waals surface area contributed by atoms with Crippen molar-refractivity contribution in [2.24, 2.45) is 5.41 Å². The lowest BCUT2D eigenvalue weighted by Crippen LogP contribution is -2.62. The number of ketones is 1. The lowest BCUT2D eigenvalue weighted by Gasteiger charge is -2.32. The van der Waals surface area contributed by atoms with E-state index in [4.69, 9.17) is 9.47 Å². The zero-order valence-electron chi connectivity index (χ0n) is 24.5. The molecular weight excluding hydrogens is 582 g/mol. The Morgan fingerprint density at radius 3 is 1.80 bits per heavy atom. The first-order valence-electron chi connectivity index (χ1n) is 13.9. The molecule has 232 valence electrons. The largest absolute Gasteiger partial charge is 0.546 e. The van der Waals surface area contributed by atoms with E-state index in [1.54, 1.807) is 18.3 Å². The van der Waals surface area contributed by atoms with Crippen LogP contribution in [0.1, 0.15) is 63.1 Å². The fraction of sp³-hybridized carbons (Fsp3) is 0.212. The smallest absolute Gasteiger partial charge is 0.349 e. The van der Waals surface area contributed by atoms with Crippen LogP contribution in [0.4, 0.5) is 0 Å². The molecule has 0 fully saturated rings. The summed E-state index contributed by atoms with van der Waals surface area (Å²) >= 11 is 0. The molecule has 3 atom stereocenters. The van der Waals surface area contributed by atoms with E-state index in [1.807, 2.05) is 35.0 Å². The van der Waals surface area contributed by atoms with Crippen molar-refractivity contribution in [1.29, 1.82) is 0 Å². The van der Waals surface area contributed by atoms with E-state index in [-0.39, 0.29) is 28.4 Å². The van der Waals surface area contributed by atoms with E-state index >= 15 is 0 Å². The van der Waals surface area contributed by atoms with Crippen molar-refractivity contribution in [1.82, 2.24) is 9.78 Å². The molecule has 3 unspecified atom stereocenters. The van der Waals surface area contributed by atoms with Gasteiger partial charge in [-0.15, -0.1) is 0 Å². The van der Waals surface area contributed by atoms with Crippen LogP contribution in [0, 0.1) is 5.41 Å². The first-order chi connectivity index (χ1) is 21.4. The molecule has 45 heavy (non-hydrogen) atoms. The van der Waals surface area contributed by atoms with Gasteiger partial charge < -0.3 is 30.2 Å². The number of hydrogen-bond acceptors (Lipinski definition) is 9. The maximum atomic E-state index is 12.2. The third kappa shape index (κ3) is 7.48. The highest BCUT2D eigenvalue weighted by atomic mass is 16.6. The van der Waals surface area contributed by atoms with Gasteiger partial charge in [-0.05, 0) is 36.4 Å². The lowest BCUT2D eigenvalue weighted by molar-refractivity contribution is -0.454. The average Bonchev–Trinajstić information content (AvgIpc) is 3.48. The average molecular weight is 614 g/mol. The van der Waals surface area contributed by atoms with Gasteiger partial charge in [0.1, 0.15) is 11.7 Å². The first-order valence-corrected chi connectivity index (χ1v) is 13.9. The number of benzene rings is 3. The minimum Gasteiger partial charge on any atom is -0.546 e. The van der Waals surface area contributed by atoms with E-state index in [0.29, 0.717) is 6.42 Å². The molecule has 12 nitrogen and oxygen atoms in total. The number of carboxylic acid groups (broad SMARTS) is 2. The van der Waals surface area contributed by atoms with Crippen molar-refractivity contribution in [2.45, 2.75) is 38.5 Å². The van der Waals surface area contributed by atoms with Crippen LogP contribution in [0.5, 0.6) is 0 Å². The number of ether oxygens (including phenoxy) is 2. The Morgan fingerprint density at radius 1 is 0.867 bits per heavy atom. The third-order valence-corrected chi connectivity index (χ3v) is 7.23. The molecule has 5 rings (SSSR count). The molecule has 0 amide bonds. The van der Waals surface area contributed by atoms with Crippen molar-refractivity contribution in [3.63, 3.8) is 0 Å². The summed E-state index contributed by atoms with van der Waals surface area (Å²) in [5, 5.41) is 24.9. The van der Waals surface area contributed by atoms with Gasteiger partial charge in [0.25, 0.3) is 0 Å². The Balaban J connectivity index is 0.000000214. The molecule has 1 aromatic heterocycles. The van der Waals surface area contributed by atoms with Crippen LogP contribution in [-0.4, -0.2) is 56.8 Å². The second-order valence-electron chi connectivity index (χ2n) is 10.9. The number of rotatable bonds is 8. The zero-order chi connectivity index (χ0) is 32.7. The fourth-order valence-corrected chi connectivity index (χ4v) is 4.68. The van der Waals surface area contributed by atoms with Gasteiger partial charge in [0.05, 0.1) is 34.5 Å². The molecule has 0 saturated carbocycles. The van der Waals surface area contributed by atoms with Crippen LogP contribution in [-0.2, 0) is 19.1 Å². The topological polar surface area (TPSA) is 193 Å². The summed E-state index contributed by atoms with van der Waals surface area (Å²) in [5.41, 5.74) is 6.78. The van der Waals surface area contributed by atoms with Crippen molar-refractivity contribution in [3.8, 4) is 5.69 Å². The number of quaternary nitrogens is 1. The number of carboxylic acids is 2. The number of hydrogen-bond donors (Lipinski definition) is 2. The van der Waals surface area contributed by atoms with Crippen molar-refractivity contribution in [3.05, 3.63) is 120 Å². The predicted octanol–water partition coefficient (Wildman–Crippen LogP) is 2.04. The van der Waals surface area contributed by atoms with Gasteiger partial charge in [-0.1, -0.05) is 68.4 Å². The molecule has 1 heterocycles. The molecule has 0 aliphatic heterocycles. The van der Waals surface area contributed by atoms with Gasteiger partial charge in [-0.3, -0.25) is 4.79 Å². The van der Waals surface area contributed by atoms with Crippen molar-refractivity contribution >= 4 is 29.7 Å². The minimum atomic E-state index is -2.33. The number of aliphatic carboxylic acids is 2. The molecule has 3 aromatic carbocycles. The second kappa shape index (κ2) is 13.8. The summed E-state index contributed by atoms with van der Waals surface area (Å²) in [6.07, 6.45) is -2.39. The Kier molecular flexibility index (Phi) is 9.89. The van der Waals surface area contributed by atoms with Crippen molar-refractivity contribution in [2.75, 3.05) is 0 Å². The number of nitrogens with zero attached hydrogens (tertiary/aromatic N) is 2.